The van der Waals surface area contributed by atoms with E-state index in [-0.39, 0.29) is 11.9 Å². The fourth-order valence-electron chi connectivity index (χ4n) is 3.07. The second kappa shape index (κ2) is 8.00. The van der Waals surface area contributed by atoms with Crippen molar-refractivity contribution >= 4 is 23.7 Å². The van der Waals surface area contributed by atoms with Gasteiger partial charge in [0.1, 0.15) is 0 Å². The van der Waals surface area contributed by atoms with Gasteiger partial charge < -0.3 is 14.6 Å². The molecule has 7 nitrogen and oxygen atoms in total. The van der Waals surface area contributed by atoms with E-state index in [2.05, 4.69) is 0 Å². The maximum atomic E-state index is 12.9. The molecule has 1 aliphatic heterocycles. The standard InChI is InChI=1S/C18H23NO6/c1-4-24-17(21)12(3)9-11(2)16(20)19-14-8-6-5-7-13(14)10-15(19)25-18(22)23/h5-8,11-12,15H,4,9-10H2,1-3H3,(H,22,23)/t11-,12-,15+/m1/s1. The van der Waals surface area contributed by atoms with Crippen LogP contribution in [0.2, 0.25) is 0 Å². The Labute approximate surface area is 146 Å². The summed E-state index contributed by atoms with van der Waals surface area (Å²) in [5.74, 6) is -1.52. The van der Waals surface area contributed by atoms with Gasteiger partial charge in [0.2, 0.25) is 5.91 Å². The van der Waals surface area contributed by atoms with Gasteiger partial charge in [-0.1, -0.05) is 32.0 Å². The van der Waals surface area contributed by atoms with Crippen LogP contribution in [0.3, 0.4) is 0 Å². The van der Waals surface area contributed by atoms with Crippen molar-refractivity contribution in [2.24, 2.45) is 11.8 Å². The van der Waals surface area contributed by atoms with E-state index in [0.717, 1.165) is 5.56 Å². The Morgan fingerprint density at radius 3 is 2.56 bits per heavy atom. The topological polar surface area (TPSA) is 93.1 Å². The summed E-state index contributed by atoms with van der Waals surface area (Å²) in [5, 5.41) is 8.95. The Morgan fingerprint density at radius 1 is 1.24 bits per heavy atom. The minimum atomic E-state index is -1.43. The second-order valence-corrected chi connectivity index (χ2v) is 6.17. The van der Waals surface area contributed by atoms with E-state index in [1.165, 1.54) is 4.90 Å². The van der Waals surface area contributed by atoms with E-state index in [1.54, 1.807) is 32.9 Å². The molecule has 1 amide bonds. The van der Waals surface area contributed by atoms with E-state index in [9.17, 15) is 14.4 Å². The number of rotatable bonds is 6. The van der Waals surface area contributed by atoms with Crippen LogP contribution in [0.4, 0.5) is 10.5 Å². The van der Waals surface area contributed by atoms with Crippen molar-refractivity contribution in [2.75, 3.05) is 11.5 Å². The van der Waals surface area contributed by atoms with Crippen molar-refractivity contribution < 1.29 is 29.0 Å². The summed E-state index contributed by atoms with van der Waals surface area (Å²) >= 11 is 0. The fourth-order valence-corrected chi connectivity index (χ4v) is 3.07. The lowest BCUT2D eigenvalue weighted by molar-refractivity contribution is -0.148. The van der Waals surface area contributed by atoms with Crippen LogP contribution < -0.4 is 4.90 Å². The number of benzene rings is 1. The van der Waals surface area contributed by atoms with Crippen molar-refractivity contribution in [1.29, 1.82) is 0 Å². The number of carboxylic acid groups (broad SMARTS) is 1. The summed E-state index contributed by atoms with van der Waals surface area (Å²) in [4.78, 5) is 37.0. The maximum absolute atomic E-state index is 12.9. The van der Waals surface area contributed by atoms with Gasteiger partial charge in [0.15, 0.2) is 6.23 Å². The molecule has 2 rings (SSSR count). The third-order valence-electron chi connectivity index (χ3n) is 4.23. The number of esters is 1. The molecule has 0 bridgehead atoms. The Kier molecular flexibility index (Phi) is 6.01. The minimum absolute atomic E-state index is 0.271. The lowest BCUT2D eigenvalue weighted by atomic mass is 9.96. The lowest BCUT2D eigenvalue weighted by Crippen LogP contribution is -2.43. The first kappa shape index (κ1) is 18.8. The normalized spacial score (nSPS) is 18.2. The minimum Gasteiger partial charge on any atom is -0.466 e. The molecule has 0 saturated carbocycles. The summed E-state index contributed by atoms with van der Waals surface area (Å²) in [6, 6.07) is 7.22. The SMILES string of the molecule is CCOC(=O)[C@H](C)C[C@@H](C)C(=O)N1c2ccccc2C[C@@H]1OC(=O)O. The fraction of sp³-hybridized carbons (Fsp3) is 0.500. The number of amides is 1. The number of carbonyl (C=O) groups is 3. The highest BCUT2D eigenvalue weighted by Gasteiger charge is 2.38. The Hall–Kier alpha value is -2.57. The summed E-state index contributed by atoms with van der Waals surface area (Å²) < 4.78 is 9.87. The smallest absolute Gasteiger partial charge is 0.466 e. The molecule has 1 aromatic rings. The molecule has 0 fully saturated rings. The molecule has 0 spiro atoms. The van der Waals surface area contributed by atoms with E-state index in [0.29, 0.717) is 25.1 Å². The van der Waals surface area contributed by atoms with Gasteiger partial charge in [-0.05, 0) is 25.0 Å². The predicted molar refractivity (Wildman–Crippen MR) is 90.1 cm³/mol. The van der Waals surface area contributed by atoms with Gasteiger partial charge in [-0.25, -0.2) is 4.79 Å². The predicted octanol–water partition coefficient (Wildman–Crippen LogP) is 2.82. The van der Waals surface area contributed by atoms with Gasteiger partial charge >= 0.3 is 12.1 Å². The summed E-state index contributed by atoms with van der Waals surface area (Å²) in [7, 11) is 0. The van der Waals surface area contributed by atoms with Crippen LogP contribution in [0, 0.1) is 11.8 Å². The third kappa shape index (κ3) is 4.29. The molecule has 136 valence electrons. The van der Waals surface area contributed by atoms with Crippen molar-refractivity contribution in [2.45, 2.75) is 39.8 Å². The first-order valence-electron chi connectivity index (χ1n) is 8.32. The van der Waals surface area contributed by atoms with Crippen LogP contribution in [0.15, 0.2) is 24.3 Å². The monoisotopic (exact) mass is 349 g/mol. The van der Waals surface area contributed by atoms with E-state index < -0.39 is 24.2 Å². The molecule has 0 unspecified atom stereocenters. The molecule has 0 aromatic heterocycles. The maximum Gasteiger partial charge on any atom is 0.507 e. The summed E-state index contributed by atoms with van der Waals surface area (Å²) in [6.45, 7) is 5.45. The number of hydrogen-bond acceptors (Lipinski definition) is 5. The number of para-hydroxylation sites is 1. The third-order valence-corrected chi connectivity index (χ3v) is 4.23. The van der Waals surface area contributed by atoms with Crippen molar-refractivity contribution in [3.63, 3.8) is 0 Å². The van der Waals surface area contributed by atoms with Crippen LogP contribution in [-0.4, -0.2) is 36.0 Å². The average molecular weight is 349 g/mol. The van der Waals surface area contributed by atoms with Crippen molar-refractivity contribution in [3.8, 4) is 0 Å². The highest BCUT2D eigenvalue weighted by molar-refractivity contribution is 5.97. The number of fused-ring (bicyclic) bond motifs is 1. The molecule has 1 heterocycles. The van der Waals surface area contributed by atoms with Crippen molar-refractivity contribution in [3.05, 3.63) is 29.8 Å². The summed E-state index contributed by atoms with van der Waals surface area (Å²) in [5.41, 5.74) is 1.50. The van der Waals surface area contributed by atoms with Crippen LogP contribution in [-0.2, 0) is 25.5 Å². The lowest BCUT2D eigenvalue weighted by Gasteiger charge is -2.27. The molecule has 3 atom stereocenters. The molecular formula is C18H23NO6. The zero-order valence-electron chi connectivity index (χ0n) is 14.6. The van der Waals surface area contributed by atoms with Gasteiger partial charge in [-0.15, -0.1) is 0 Å². The zero-order valence-corrected chi connectivity index (χ0v) is 14.6. The number of hydrogen-bond donors (Lipinski definition) is 1. The highest BCUT2D eigenvalue weighted by atomic mass is 16.7. The van der Waals surface area contributed by atoms with Gasteiger partial charge in [0.25, 0.3) is 0 Å². The summed E-state index contributed by atoms with van der Waals surface area (Å²) in [6.07, 6.45) is -1.68. The molecule has 7 heteroatoms. The Bertz CT molecular complexity index is 659. The van der Waals surface area contributed by atoms with Crippen LogP contribution in [0.25, 0.3) is 0 Å². The Balaban J connectivity index is 2.16. The average Bonchev–Trinajstić information content (AvgIpc) is 2.91. The molecule has 0 saturated heterocycles. The molecular weight excluding hydrogens is 326 g/mol. The molecule has 25 heavy (non-hydrogen) atoms. The number of anilines is 1. The van der Waals surface area contributed by atoms with Gasteiger partial charge in [0.05, 0.1) is 18.2 Å². The largest absolute Gasteiger partial charge is 0.507 e. The van der Waals surface area contributed by atoms with E-state index >= 15 is 0 Å². The van der Waals surface area contributed by atoms with Crippen molar-refractivity contribution in [1.82, 2.24) is 0 Å². The first-order chi connectivity index (χ1) is 11.8. The molecule has 0 radical (unpaired) electrons. The van der Waals surface area contributed by atoms with Gasteiger partial charge in [-0.3, -0.25) is 14.5 Å². The highest BCUT2D eigenvalue weighted by Crippen LogP contribution is 2.34. The van der Waals surface area contributed by atoms with E-state index in [4.69, 9.17) is 14.6 Å². The molecule has 1 aliphatic rings. The number of nitrogens with zero attached hydrogens (tertiary/aromatic N) is 1. The molecule has 1 aromatic carbocycles. The Morgan fingerprint density at radius 2 is 1.92 bits per heavy atom. The van der Waals surface area contributed by atoms with Crippen LogP contribution in [0.1, 0.15) is 32.8 Å². The quantitative estimate of drug-likeness (QED) is 0.794. The molecule has 0 aliphatic carbocycles. The van der Waals surface area contributed by atoms with E-state index in [1.807, 2.05) is 12.1 Å². The molecule has 1 N–H and O–H groups in total. The van der Waals surface area contributed by atoms with Gasteiger partial charge in [0, 0.05) is 12.3 Å². The number of carbonyl (C=O) groups excluding carboxylic acids is 2. The number of ether oxygens (including phenoxy) is 2. The van der Waals surface area contributed by atoms with Crippen LogP contribution >= 0.6 is 0 Å². The van der Waals surface area contributed by atoms with Gasteiger partial charge in [-0.2, -0.15) is 0 Å². The second-order valence-electron chi connectivity index (χ2n) is 6.17. The zero-order chi connectivity index (χ0) is 18.6. The first-order valence-corrected chi connectivity index (χ1v) is 8.32. The van der Waals surface area contributed by atoms with Crippen LogP contribution in [0.5, 0.6) is 0 Å².